The van der Waals surface area contributed by atoms with Crippen LogP contribution in [0.3, 0.4) is 0 Å². The number of benzene rings is 1. The Hall–Kier alpha value is -0.900. The molecule has 3 N–H and O–H groups in total. The predicted molar refractivity (Wildman–Crippen MR) is 81.0 cm³/mol. The van der Waals surface area contributed by atoms with E-state index in [0.717, 1.165) is 24.2 Å². The minimum atomic E-state index is 0.450. The molecule has 4 rings (SSSR count). The summed E-state index contributed by atoms with van der Waals surface area (Å²) in [5.41, 5.74) is 4.55. The van der Waals surface area contributed by atoms with Gasteiger partial charge in [-0.1, -0.05) is 18.2 Å². The van der Waals surface area contributed by atoms with Crippen molar-refractivity contribution in [3.05, 3.63) is 35.2 Å². The Balaban J connectivity index is 1.55. The van der Waals surface area contributed by atoms with Crippen LogP contribution in [0, 0.1) is 17.8 Å². The molecule has 0 amide bonds. The number of hydrazine groups is 1. The van der Waals surface area contributed by atoms with Gasteiger partial charge in [0.2, 0.25) is 0 Å². The Bertz CT molecular complexity index is 581. The highest BCUT2D eigenvalue weighted by molar-refractivity contribution is 7.17. The molecule has 1 heterocycles. The van der Waals surface area contributed by atoms with E-state index >= 15 is 0 Å². The fourth-order valence-electron chi connectivity index (χ4n) is 3.88. The lowest BCUT2D eigenvalue weighted by atomic mass is 9.90. The largest absolute Gasteiger partial charge is 0.271 e. The first-order valence-electron chi connectivity index (χ1n) is 7.26. The molecule has 1 aromatic heterocycles. The van der Waals surface area contributed by atoms with E-state index in [2.05, 4.69) is 35.1 Å². The van der Waals surface area contributed by atoms with E-state index in [0.29, 0.717) is 6.04 Å². The lowest BCUT2D eigenvalue weighted by Gasteiger charge is -2.23. The highest BCUT2D eigenvalue weighted by atomic mass is 32.1. The van der Waals surface area contributed by atoms with Crippen molar-refractivity contribution in [2.75, 3.05) is 0 Å². The molecular weight excluding hydrogens is 252 g/mol. The molecule has 2 aliphatic carbocycles. The number of nitrogens with one attached hydrogen (secondary N) is 1. The van der Waals surface area contributed by atoms with Crippen LogP contribution in [-0.4, -0.2) is 6.04 Å². The number of fused-ring (bicyclic) bond motifs is 2. The van der Waals surface area contributed by atoms with Gasteiger partial charge < -0.3 is 0 Å². The van der Waals surface area contributed by atoms with E-state index in [1.54, 1.807) is 0 Å². The summed E-state index contributed by atoms with van der Waals surface area (Å²) >= 11 is 1.85. The molecule has 2 fully saturated rings. The van der Waals surface area contributed by atoms with Crippen molar-refractivity contribution < 1.29 is 0 Å². The minimum Gasteiger partial charge on any atom is -0.271 e. The van der Waals surface area contributed by atoms with Gasteiger partial charge in [0.15, 0.2) is 0 Å². The third kappa shape index (κ3) is 2.10. The van der Waals surface area contributed by atoms with Crippen molar-refractivity contribution in [2.45, 2.75) is 31.7 Å². The van der Waals surface area contributed by atoms with Crippen molar-refractivity contribution in [1.82, 2.24) is 5.43 Å². The Labute approximate surface area is 118 Å². The third-order valence-corrected chi connectivity index (χ3v) is 6.08. The summed E-state index contributed by atoms with van der Waals surface area (Å²) in [5, 5.41) is 3.72. The number of hydrogen-bond donors (Lipinski definition) is 2. The highest BCUT2D eigenvalue weighted by Crippen LogP contribution is 2.55. The molecule has 3 unspecified atom stereocenters. The summed E-state index contributed by atoms with van der Waals surface area (Å²) in [4.78, 5) is 0. The molecule has 2 nitrogen and oxygen atoms in total. The molecular formula is C16H20N2S. The van der Waals surface area contributed by atoms with Crippen LogP contribution in [0.25, 0.3) is 10.1 Å². The smallest absolute Gasteiger partial charge is 0.0345 e. The summed E-state index contributed by atoms with van der Waals surface area (Å²) in [6, 6.07) is 9.14. The van der Waals surface area contributed by atoms with Gasteiger partial charge in [-0.2, -0.15) is 0 Å². The van der Waals surface area contributed by atoms with Crippen LogP contribution in [0.1, 0.15) is 24.8 Å². The minimum absolute atomic E-state index is 0.450. The van der Waals surface area contributed by atoms with E-state index < -0.39 is 0 Å². The molecule has 1 aromatic carbocycles. The van der Waals surface area contributed by atoms with Gasteiger partial charge in [0.1, 0.15) is 0 Å². The van der Waals surface area contributed by atoms with Gasteiger partial charge in [-0.25, -0.2) is 0 Å². The van der Waals surface area contributed by atoms with Gasteiger partial charge in [-0.05, 0) is 65.8 Å². The van der Waals surface area contributed by atoms with Gasteiger partial charge in [0, 0.05) is 10.7 Å². The number of thiophene rings is 1. The van der Waals surface area contributed by atoms with E-state index in [4.69, 9.17) is 5.84 Å². The van der Waals surface area contributed by atoms with Crippen LogP contribution >= 0.6 is 11.3 Å². The monoisotopic (exact) mass is 272 g/mol. The Morgan fingerprint density at radius 1 is 1.21 bits per heavy atom. The molecule has 19 heavy (non-hydrogen) atoms. The Morgan fingerprint density at radius 3 is 2.79 bits per heavy atom. The molecule has 100 valence electrons. The van der Waals surface area contributed by atoms with E-state index in [1.165, 1.54) is 34.9 Å². The quantitative estimate of drug-likeness (QED) is 0.662. The highest BCUT2D eigenvalue weighted by Gasteiger charge is 2.47. The molecule has 0 spiro atoms. The van der Waals surface area contributed by atoms with Gasteiger partial charge in [0.25, 0.3) is 0 Å². The van der Waals surface area contributed by atoms with Crippen LogP contribution in [0.15, 0.2) is 29.6 Å². The van der Waals surface area contributed by atoms with Gasteiger partial charge in [-0.3, -0.25) is 11.3 Å². The summed E-state index contributed by atoms with van der Waals surface area (Å²) < 4.78 is 1.39. The number of hydrogen-bond acceptors (Lipinski definition) is 3. The number of nitrogens with two attached hydrogens (primary N) is 1. The second-order valence-electron chi connectivity index (χ2n) is 6.22. The normalized spacial score (nSPS) is 30.5. The molecule has 2 aromatic rings. The zero-order chi connectivity index (χ0) is 12.8. The Kier molecular flexibility index (Phi) is 2.87. The van der Waals surface area contributed by atoms with Gasteiger partial charge in [-0.15, -0.1) is 11.3 Å². The summed E-state index contributed by atoms with van der Waals surface area (Å²) in [6.07, 6.45) is 5.34. The second-order valence-corrected chi connectivity index (χ2v) is 7.13. The molecule has 0 radical (unpaired) electrons. The standard InChI is InChI=1S/C16H20N2S/c17-18-15(12-6-10-5-11(10)7-12)8-13-9-19-16-4-2-1-3-14(13)16/h1-4,9-12,15,18H,5-8,17H2. The molecule has 0 aliphatic heterocycles. The van der Waals surface area contributed by atoms with Crippen LogP contribution < -0.4 is 11.3 Å². The molecule has 0 bridgehead atoms. The van der Waals surface area contributed by atoms with Crippen LogP contribution in [0.2, 0.25) is 0 Å². The fraction of sp³-hybridized carbons (Fsp3) is 0.500. The maximum atomic E-state index is 5.83. The summed E-state index contributed by atoms with van der Waals surface area (Å²) in [7, 11) is 0. The van der Waals surface area contributed by atoms with Gasteiger partial charge in [0.05, 0.1) is 0 Å². The first kappa shape index (κ1) is 11.9. The molecule has 0 saturated heterocycles. The molecule has 2 saturated carbocycles. The number of rotatable bonds is 4. The zero-order valence-corrected chi connectivity index (χ0v) is 11.8. The maximum Gasteiger partial charge on any atom is 0.0345 e. The SMILES string of the molecule is NNC(Cc1csc2ccccc12)C1CC2CC2C1. The topological polar surface area (TPSA) is 38.0 Å². The lowest BCUT2D eigenvalue weighted by molar-refractivity contribution is 0.336. The first-order valence-corrected chi connectivity index (χ1v) is 8.14. The van der Waals surface area contributed by atoms with Crippen molar-refractivity contribution in [2.24, 2.45) is 23.6 Å². The van der Waals surface area contributed by atoms with Crippen molar-refractivity contribution >= 4 is 21.4 Å². The molecule has 2 aliphatic rings. The lowest BCUT2D eigenvalue weighted by Crippen LogP contribution is -2.42. The van der Waals surface area contributed by atoms with E-state index in [-0.39, 0.29) is 0 Å². The van der Waals surface area contributed by atoms with Crippen molar-refractivity contribution in [3.8, 4) is 0 Å². The second kappa shape index (κ2) is 4.58. The average Bonchev–Trinajstić information content (AvgIpc) is 2.88. The average molecular weight is 272 g/mol. The molecule has 3 atom stereocenters. The summed E-state index contributed by atoms with van der Waals surface area (Å²) in [5.74, 6) is 8.67. The zero-order valence-electron chi connectivity index (χ0n) is 11.0. The van der Waals surface area contributed by atoms with Gasteiger partial charge >= 0.3 is 0 Å². The maximum absolute atomic E-state index is 5.83. The van der Waals surface area contributed by atoms with Crippen LogP contribution in [0.5, 0.6) is 0 Å². The fourth-order valence-corrected chi connectivity index (χ4v) is 4.86. The predicted octanol–water partition coefficient (Wildman–Crippen LogP) is 3.32. The third-order valence-electron chi connectivity index (χ3n) is 5.06. The first-order chi connectivity index (χ1) is 9.35. The summed E-state index contributed by atoms with van der Waals surface area (Å²) in [6.45, 7) is 0. The van der Waals surface area contributed by atoms with Crippen molar-refractivity contribution in [1.29, 1.82) is 0 Å². The van der Waals surface area contributed by atoms with E-state index in [1.807, 2.05) is 11.3 Å². The molecule has 3 heteroatoms. The Morgan fingerprint density at radius 2 is 2.00 bits per heavy atom. The van der Waals surface area contributed by atoms with Crippen LogP contribution in [-0.2, 0) is 6.42 Å². The van der Waals surface area contributed by atoms with E-state index in [9.17, 15) is 0 Å². The van der Waals surface area contributed by atoms with Crippen molar-refractivity contribution in [3.63, 3.8) is 0 Å². The van der Waals surface area contributed by atoms with Crippen LogP contribution in [0.4, 0.5) is 0 Å².